The zero-order valence-corrected chi connectivity index (χ0v) is 11.8. The summed E-state index contributed by atoms with van der Waals surface area (Å²) in [6.45, 7) is 9.55. The van der Waals surface area contributed by atoms with Gasteiger partial charge >= 0.3 is 5.97 Å². The molecule has 104 valence electrons. The number of amides is 1. The average Bonchev–Trinajstić information content (AvgIpc) is 2.38. The van der Waals surface area contributed by atoms with Crippen LogP contribution in [-0.4, -0.2) is 34.3 Å². The van der Waals surface area contributed by atoms with E-state index < -0.39 is 23.4 Å². The average molecular weight is 257 g/mol. The summed E-state index contributed by atoms with van der Waals surface area (Å²) in [6, 6.07) is 0. The molecule has 1 fully saturated rings. The van der Waals surface area contributed by atoms with Gasteiger partial charge in [-0.2, -0.15) is 0 Å². The molecule has 1 aliphatic rings. The van der Waals surface area contributed by atoms with Crippen LogP contribution < -0.4 is 0 Å². The van der Waals surface area contributed by atoms with Crippen LogP contribution in [0.25, 0.3) is 0 Å². The third-order valence-electron chi connectivity index (χ3n) is 2.83. The lowest BCUT2D eigenvalue weighted by Crippen LogP contribution is -2.35. The Kier molecular flexibility index (Phi) is 4.37. The van der Waals surface area contributed by atoms with Crippen molar-refractivity contribution >= 4 is 11.9 Å². The number of rotatable bonds is 3. The number of carbonyl (C=O) groups is 2. The molecule has 0 saturated carbocycles. The van der Waals surface area contributed by atoms with Crippen molar-refractivity contribution in [3.8, 4) is 0 Å². The maximum Gasteiger partial charge on any atom is 0.319 e. The fourth-order valence-corrected chi connectivity index (χ4v) is 2.25. The number of carbonyl (C=O) groups excluding carboxylic acids is 2. The molecule has 5 heteroatoms. The summed E-state index contributed by atoms with van der Waals surface area (Å²) in [5.74, 6) is -1.75. The molecule has 18 heavy (non-hydrogen) atoms. The molecule has 0 radical (unpaired) electrons. The van der Waals surface area contributed by atoms with Crippen molar-refractivity contribution in [2.45, 2.75) is 46.6 Å². The van der Waals surface area contributed by atoms with E-state index in [-0.39, 0.29) is 12.5 Å². The fraction of sp³-hybridized carbons (Fsp3) is 0.846. The van der Waals surface area contributed by atoms with E-state index >= 15 is 0 Å². The van der Waals surface area contributed by atoms with Crippen LogP contribution in [0, 0.1) is 17.8 Å². The first-order valence-corrected chi connectivity index (χ1v) is 6.35. The Morgan fingerprint density at radius 1 is 1.50 bits per heavy atom. The van der Waals surface area contributed by atoms with Crippen LogP contribution in [0.5, 0.6) is 0 Å². The minimum atomic E-state index is -0.864. The van der Waals surface area contributed by atoms with E-state index in [2.05, 4.69) is 0 Å². The van der Waals surface area contributed by atoms with Crippen molar-refractivity contribution < 1.29 is 19.5 Å². The van der Waals surface area contributed by atoms with E-state index in [1.807, 2.05) is 13.8 Å². The quantitative estimate of drug-likeness (QED) is 0.476. The maximum absolute atomic E-state index is 12.0. The molecule has 1 aliphatic heterocycles. The van der Waals surface area contributed by atoms with Crippen molar-refractivity contribution in [1.82, 2.24) is 5.06 Å². The number of esters is 1. The van der Waals surface area contributed by atoms with Gasteiger partial charge in [0.1, 0.15) is 11.5 Å². The van der Waals surface area contributed by atoms with Crippen molar-refractivity contribution in [3.05, 3.63) is 0 Å². The lowest BCUT2D eigenvalue weighted by Gasteiger charge is -2.24. The van der Waals surface area contributed by atoms with Gasteiger partial charge in [0, 0.05) is 5.92 Å². The van der Waals surface area contributed by atoms with Gasteiger partial charge in [-0.05, 0) is 33.1 Å². The third kappa shape index (κ3) is 3.70. The lowest BCUT2D eigenvalue weighted by atomic mass is 9.88. The second kappa shape index (κ2) is 5.26. The van der Waals surface area contributed by atoms with Crippen LogP contribution in [-0.2, 0) is 14.3 Å². The Balaban J connectivity index is 2.81. The third-order valence-corrected chi connectivity index (χ3v) is 2.83. The highest BCUT2D eigenvalue weighted by molar-refractivity contribution is 5.99. The Hall–Kier alpha value is -1.10. The highest BCUT2D eigenvalue weighted by Gasteiger charge is 2.46. The molecule has 0 bridgehead atoms. The Labute approximate surface area is 108 Å². The second-order valence-electron chi connectivity index (χ2n) is 6.32. The largest absolute Gasteiger partial charge is 0.459 e. The van der Waals surface area contributed by atoms with Crippen molar-refractivity contribution in [3.63, 3.8) is 0 Å². The van der Waals surface area contributed by atoms with Crippen LogP contribution in [0.1, 0.15) is 41.0 Å². The van der Waals surface area contributed by atoms with E-state index in [9.17, 15) is 14.8 Å². The summed E-state index contributed by atoms with van der Waals surface area (Å²) in [6.07, 6.45) is 0.715. The molecule has 1 heterocycles. The van der Waals surface area contributed by atoms with Gasteiger partial charge in [-0.3, -0.25) is 14.8 Å². The first-order chi connectivity index (χ1) is 8.11. The standard InChI is InChI=1S/C13H23NO4/c1-8(2)6-9-7-14(17)11(15)10(9)12(16)18-13(3,4)5/h8-10,17H,6-7H2,1-5H3. The molecule has 1 saturated heterocycles. The van der Waals surface area contributed by atoms with Gasteiger partial charge in [-0.15, -0.1) is 0 Å². The molecular weight excluding hydrogens is 234 g/mol. The molecule has 0 aromatic carbocycles. The Morgan fingerprint density at radius 2 is 2.06 bits per heavy atom. The molecule has 0 spiro atoms. The first-order valence-electron chi connectivity index (χ1n) is 6.35. The molecule has 1 N–H and O–H groups in total. The molecule has 0 aromatic rings. The van der Waals surface area contributed by atoms with Crippen molar-refractivity contribution in [1.29, 1.82) is 0 Å². The molecular formula is C13H23NO4. The summed E-state index contributed by atoms with van der Waals surface area (Å²) in [4.78, 5) is 23.8. The van der Waals surface area contributed by atoms with E-state index in [0.29, 0.717) is 17.4 Å². The van der Waals surface area contributed by atoms with Gasteiger partial charge < -0.3 is 4.74 Å². The van der Waals surface area contributed by atoms with Gasteiger partial charge in [0.05, 0.1) is 6.54 Å². The summed E-state index contributed by atoms with van der Waals surface area (Å²) in [5, 5.41) is 10.1. The van der Waals surface area contributed by atoms with Crippen LogP contribution in [0.15, 0.2) is 0 Å². The van der Waals surface area contributed by atoms with Crippen LogP contribution in [0.4, 0.5) is 0 Å². The van der Waals surface area contributed by atoms with E-state index in [0.717, 1.165) is 0 Å². The predicted molar refractivity (Wildman–Crippen MR) is 65.8 cm³/mol. The van der Waals surface area contributed by atoms with Gasteiger partial charge in [0.25, 0.3) is 5.91 Å². The van der Waals surface area contributed by atoms with E-state index in [1.165, 1.54) is 0 Å². The Morgan fingerprint density at radius 3 is 2.50 bits per heavy atom. The summed E-state index contributed by atoms with van der Waals surface area (Å²) < 4.78 is 5.25. The molecule has 1 amide bonds. The van der Waals surface area contributed by atoms with Crippen molar-refractivity contribution in [2.24, 2.45) is 17.8 Å². The number of nitrogens with zero attached hydrogens (tertiary/aromatic N) is 1. The van der Waals surface area contributed by atoms with Crippen LogP contribution in [0.3, 0.4) is 0 Å². The van der Waals surface area contributed by atoms with Gasteiger partial charge in [-0.1, -0.05) is 13.8 Å². The summed E-state index contributed by atoms with van der Waals surface area (Å²) in [5.41, 5.74) is -0.622. The number of hydrogen-bond acceptors (Lipinski definition) is 4. The highest BCUT2D eigenvalue weighted by atomic mass is 16.6. The monoisotopic (exact) mass is 257 g/mol. The first kappa shape index (κ1) is 15.0. The van der Waals surface area contributed by atoms with E-state index in [1.54, 1.807) is 20.8 Å². The van der Waals surface area contributed by atoms with E-state index in [4.69, 9.17) is 4.74 Å². The van der Waals surface area contributed by atoms with Gasteiger partial charge in [0.15, 0.2) is 0 Å². The number of hydrogen-bond donors (Lipinski definition) is 1. The van der Waals surface area contributed by atoms with Crippen molar-refractivity contribution in [2.75, 3.05) is 6.54 Å². The minimum Gasteiger partial charge on any atom is -0.459 e. The predicted octanol–water partition coefficient (Wildman–Crippen LogP) is 1.84. The number of ether oxygens (including phenoxy) is 1. The SMILES string of the molecule is CC(C)CC1CN(O)C(=O)C1C(=O)OC(C)(C)C. The summed E-state index contributed by atoms with van der Waals surface area (Å²) in [7, 11) is 0. The molecule has 5 nitrogen and oxygen atoms in total. The lowest BCUT2D eigenvalue weighted by molar-refractivity contribution is -0.170. The van der Waals surface area contributed by atoms with Crippen LogP contribution in [0.2, 0.25) is 0 Å². The fourth-order valence-electron chi connectivity index (χ4n) is 2.25. The molecule has 0 aliphatic carbocycles. The van der Waals surface area contributed by atoms with Gasteiger partial charge in [-0.25, -0.2) is 5.06 Å². The second-order valence-corrected chi connectivity index (χ2v) is 6.32. The zero-order valence-electron chi connectivity index (χ0n) is 11.8. The maximum atomic E-state index is 12.0. The van der Waals surface area contributed by atoms with Crippen LogP contribution >= 0.6 is 0 Å². The number of hydroxylamine groups is 2. The molecule has 1 rings (SSSR count). The summed E-state index contributed by atoms with van der Waals surface area (Å²) >= 11 is 0. The smallest absolute Gasteiger partial charge is 0.319 e. The zero-order chi connectivity index (χ0) is 14.1. The minimum absolute atomic E-state index is 0.169. The molecule has 2 atom stereocenters. The van der Waals surface area contributed by atoms with Gasteiger partial charge in [0.2, 0.25) is 0 Å². The molecule has 0 aromatic heterocycles. The topological polar surface area (TPSA) is 66.8 Å². The Bertz CT molecular complexity index is 332. The molecule has 2 unspecified atom stereocenters. The highest BCUT2D eigenvalue weighted by Crippen LogP contribution is 2.31. The normalized spacial score (nSPS) is 24.8.